The first-order valence-electron chi connectivity index (χ1n) is 13.7. The minimum Gasteiger partial charge on any atom is -0.200 e. The SMILES string of the molecule is CC[Si](CC)(CC)c1ccc(-c2cc(-c3cc(C(C)(C)C)c4ccccc4c3C)[n+](C)cc2C#N)cc1. The first-order valence-corrected chi connectivity index (χ1v) is 16.3. The molecule has 0 saturated carbocycles. The van der Waals surface area contributed by atoms with Gasteiger partial charge >= 0.3 is 0 Å². The van der Waals surface area contributed by atoms with Gasteiger partial charge in [-0.15, -0.1) is 0 Å². The van der Waals surface area contributed by atoms with E-state index in [0.717, 1.165) is 16.8 Å². The third kappa shape index (κ3) is 4.76. The van der Waals surface area contributed by atoms with E-state index in [-0.39, 0.29) is 5.41 Å². The lowest BCUT2D eigenvalue weighted by atomic mass is 9.80. The lowest BCUT2D eigenvalue weighted by molar-refractivity contribution is -0.660. The Labute approximate surface area is 224 Å². The third-order valence-corrected chi connectivity index (χ3v) is 14.2. The second-order valence-electron chi connectivity index (χ2n) is 11.5. The predicted octanol–water partition coefficient (Wildman–Crippen LogP) is 8.19. The van der Waals surface area contributed by atoms with Gasteiger partial charge in [-0.05, 0) is 45.9 Å². The van der Waals surface area contributed by atoms with E-state index in [4.69, 9.17) is 0 Å². The number of pyridine rings is 1. The molecule has 0 spiro atoms. The van der Waals surface area contributed by atoms with E-state index >= 15 is 0 Å². The van der Waals surface area contributed by atoms with Crippen molar-refractivity contribution in [3.8, 4) is 28.5 Å². The summed E-state index contributed by atoms with van der Waals surface area (Å²) in [5.74, 6) is 0. The highest BCUT2D eigenvalue weighted by molar-refractivity contribution is 6.91. The Morgan fingerprint density at radius 3 is 1.97 bits per heavy atom. The molecule has 0 unspecified atom stereocenters. The largest absolute Gasteiger partial charge is 0.213 e. The molecule has 37 heavy (non-hydrogen) atoms. The van der Waals surface area contributed by atoms with Crippen LogP contribution in [-0.4, -0.2) is 8.07 Å². The van der Waals surface area contributed by atoms with Crippen LogP contribution in [0.15, 0.2) is 66.9 Å². The molecule has 0 aliphatic carbocycles. The van der Waals surface area contributed by atoms with Crippen molar-refractivity contribution in [2.45, 2.75) is 72.0 Å². The number of nitriles is 1. The quantitative estimate of drug-likeness (QED) is 0.192. The summed E-state index contributed by atoms with van der Waals surface area (Å²) in [5, 5.41) is 14.2. The molecule has 0 amide bonds. The number of hydrogen-bond acceptors (Lipinski definition) is 1. The highest BCUT2D eigenvalue weighted by atomic mass is 28.3. The summed E-state index contributed by atoms with van der Waals surface area (Å²) in [7, 11) is 0.615. The van der Waals surface area contributed by atoms with E-state index in [1.165, 1.54) is 50.8 Å². The van der Waals surface area contributed by atoms with Crippen LogP contribution < -0.4 is 9.75 Å². The zero-order valence-corrected chi connectivity index (χ0v) is 24.9. The number of benzene rings is 3. The highest BCUT2D eigenvalue weighted by Crippen LogP contribution is 2.38. The number of rotatable bonds is 6. The van der Waals surface area contributed by atoms with Crippen LogP contribution in [0.4, 0.5) is 0 Å². The Morgan fingerprint density at radius 1 is 0.838 bits per heavy atom. The van der Waals surface area contributed by atoms with Crippen LogP contribution in [0.1, 0.15) is 58.2 Å². The standard InChI is InChI=1S/C34H41N2Si/c1-9-37(10-2,11-3)27-18-16-25(17-19-27)31-21-33(36(8)23-26(31)22-35)30-20-32(34(5,6)7)29-15-13-12-14-28(29)24(30)4/h12-21,23H,9-11H2,1-8H3/q+1. The summed E-state index contributed by atoms with van der Waals surface area (Å²) in [6, 6.07) is 28.8. The maximum atomic E-state index is 10.1. The van der Waals surface area contributed by atoms with Gasteiger partial charge in [0.05, 0.1) is 8.07 Å². The zero-order chi connectivity index (χ0) is 27.0. The Balaban J connectivity index is 1.94. The summed E-state index contributed by atoms with van der Waals surface area (Å²) in [4.78, 5) is 0. The van der Waals surface area contributed by atoms with E-state index in [2.05, 4.69) is 127 Å². The molecule has 3 heteroatoms. The maximum Gasteiger partial charge on any atom is 0.213 e. The molecule has 1 aromatic heterocycles. The van der Waals surface area contributed by atoms with Gasteiger partial charge in [-0.3, -0.25) is 0 Å². The Hall–Kier alpha value is -3.22. The van der Waals surface area contributed by atoms with Gasteiger partial charge in [-0.2, -0.15) is 9.83 Å². The van der Waals surface area contributed by atoms with Gasteiger partial charge < -0.3 is 0 Å². The van der Waals surface area contributed by atoms with Crippen LogP contribution in [0.5, 0.6) is 0 Å². The molecule has 0 N–H and O–H groups in total. The van der Waals surface area contributed by atoms with E-state index in [9.17, 15) is 5.26 Å². The van der Waals surface area contributed by atoms with Crippen molar-refractivity contribution in [2.75, 3.05) is 0 Å². The number of aromatic nitrogens is 1. The van der Waals surface area contributed by atoms with E-state index in [1.807, 2.05) is 6.20 Å². The topological polar surface area (TPSA) is 27.7 Å². The zero-order valence-electron chi connectivity index (χ0n) is 23.9. The van der Waals surface area contributed by atoms with E-state index in [1.54, 1.807) is 0 Å². The Kier molecular flexibility index (Phi) is 7.44. The predicted molar refractivity (Wildman–Crippen MR) is 161 cm³/mol. The Morgan fingerprint density at radius 2 is 1.43 bits per heavy atom. The fourth-order valence-electron chi connectivity index (χ4n) is 6.02. The summed E-state index contributed by atoms with van der Waals surface area (Å²) in [5.41, 5.74) is 7.81. The third-order valence-electron chi connectivity index (χ3n) is 8.63. The molecule has 0 aliphatic rings. The summed E-state index contributed by atoms with van der Waals surface area (Å²) < 4.78 is 2.11. The molecule has 0 radical (unpaired) electrons. The molecule has 1 heterocycles. The highest BCUT2D eigenvalue weighted by Gasteiger charge is 2.29. The molecule has 0 aliphatic heterocycles. The van der Waals surface area contributed by atoms with Crippen LogP contribution >= 0.6 is 0 Å². The molecule has 0 atom stereocenters. The normalized spacial score (nSPS) is 12.1. The number of nitrogens with zero attached hydrogens (tertiary/aromatic N) is 2. The van der Waals surface area contributed by atoms with Gasteiger partial charge in [0, 0.05) is 17.2 Å². The van der Waals surface area contributed by atoms with E-state index < -0.39 is 8.07 Å². The number of hydrogen-bond donors (Lipinski definition) is 0. The van der Waals surface area contributed by atoms with Crippen LogP contribution in [0, 0.1) is 18.3 Å². The first kappa shape index (κ1) is 26.8. The van der Waals surface area contributed by atoms with Crippen molar-refractivity contribution in [1.82, 2.24) is 0 Å². The number of aryl methyl sites for hydroxylation is 2. The van der Waals surface area contributed by atoms with Crippen LogP contribution in [0.3, 0.4) is 0 Å². The average Bonchev–Trinajstić information content (AvgIpc) is 2.90. The molecular formula is C34H41N2Si+. The fraction of sp³-hybridized carbons (Fsp3) is 0.353. The minimum absolute atomic E-state index is 0.0140. The molecule has 4 rings (SSSR count). The lowest BCUT2D eigenvalue weighted by Crippen LogP contribution is -2.45. The molecule has 0 saturated heterocycles. The number of fused-ring (bicyclic) bond motifs is 1. The monoisotopic (exact) mass is 505 g/mol. The van der Waals surface area contributed by atoms with Gasteiger partial charge in [0.1, 0.15) is 18.7 Å². The van der Waals surface area contributed by atoms with Gasteiger partial charge in [0.15, 0.2) is 6.20 Å². The van der Waals surface area contributed by atoms with Crippen molar-refractivity contribution < 1.29 is 4.57 Å². The average molecular weight is 506 g/mol. The van der Waals surface area contributed by atoms with Crippen molar-refractivity contribution >= 4 is 24.0 Å². The summed E-state index contributed by atoms with van der Waals surface area (Å²) in [6.07, 6.45) is 1.99. The molecule has 190 valence electrons. The van der Waals surface area contributed by atoms with Crippen molar-refractivity contribution in [3.63, 3.8) is 0 Å². The van der Waals surface area contributed by atoms with Crippen LogP contribution in [0.25, 0.3) is 33.2 Å². The van der Waals surface area contributed by atoms with Crippen molar-refractivity contribution in [1.29, 1.82) is 5.26 Å². The summed E-state index contributed by atoms with van der Waals surface area (Å²) in [6.45, 7) is 16.1. The van der Waals surface area contributed by atoms with Gasteiger partial charge in [-0.1, -0.05) is 113 Å². The first-order chi connectivity index (χ1) is 17.6. The van der Waals surface area contributed by atoms with Crippen molar-refractivity contribution in [3.05, 3.63) is 83.6 Å². The van der Waals surface area contributed by atoms with Crippen LogP contribution in [0.2, 0.25) is 18.1 Å². The van der Waals surface area contributed by atoms with Gasteiger partial charge in [0.25, 0.3) is 0 Å². The molecular weight excluding hydrogens is 464 g/mol. The van der Waals surface area contributed by atoms with Gasteiger partial charge in [0.2, 0.25) is 5.69 Å². The van der Waals surface area contributed by atoms with Crippen LogP contribution in [-0.2, 0) is 12.5 Å². The van der Waals surface area contributed by atoms with E-state index in [0.29, 0.717) is 5.56 Å². The molecule has 0 fully saturated rings. The molecule has 3 aromatic carbocycles. The second kappa shape index (κ2) is 10.3. The molecule has 4 aromatic rings. The maximum absolute atomic E-state index is 10.1. The molecule has 2 nitrogen and oxygen atoms in total. The smallest absolute Gasteiger partial charge is 0.200 e. The second-order valence-corrected chi connectivity index (χ2v) is 16.8. The Bertz CT molecular complexity index is 1470. The molecule has 0 bridgehead atoms. The summed E-state index contributed by atoms with van der Waals surface area (Å²) >= 11 is 0. The minimum atomic E-state index is -1.44. The van der Waals surface area contributed by atoms with Gasteiger partial charge in [-0.25, -0.2) is 0 Å². The van der Waals surface area contributed by atoms with Crippen molar-refractivity contribution in [2.24, 2.45) is 7.05 Å². The fourth-order valence-corrected chi connectivity index (χ4v) is 9.62. The lowest BCUT2D eigenvalue weighted by Gasteiger charge is -2.28.